The van der Waals surface area contributed by atoms with Crippen LogP contribution >= 0.6 is 15.9 Å². The molecule has 0 unspecified atom stereocenters. The number of carbonyl (C=O) groups excluding carboxylic acids is 2. The lowest BCUT2D eigenvalue weighted by molar-refractivity contribution is -0.125. The number of halogens is 1. The van der Waals surface area contributed by atoms with E-state index < -0.39 is 0 Å². The lowest BCUT2D eigenvalue weighted by atomic mass is 10.1. The highest BCUT2D eigenvalue weighted by molar-refractivity contribution is 9.10. The van der Waals surface area contributed by atoms with Crippen LogP contribution in [0.3, 0.4) is 0 Å². The molecule has 6 nitrogen and oxygen atoms in total. The molecule has 2 amide bonds. The van der Waals surface area contributed by atoms with Crippen molar-refractivity contribution in [1.82, 2.24) is 5.43 Å². The van der Waals surface area contributed by atoms with Gasteiger partial charge in [0.1, 0.15) is 5.75 Å². The molecule has 160 valence electrons. The second-order valence-corrected chi connectivity index (χ2v) is 7.74. The number of amides is 2. The molecule has 0 spiro atoms. The molecule has 0 saturated heterocycles. The second kappa shape index (κ2) is 11.2. The van der Waals surface area contributed by atoms with Crippen molar-refractivity contribution in [2.24, 2.45) is 0 Å². The molecule has 3 rings (SSSR count). The molecule has 0 aliphatic heterocycles. The molecule has 0 aromatic heterocycles. The van der Waals surface area contributed by atoms with Gasteiger partial charge in [0.05, 0.1) is 25.0 Å². The number of carbonyl (C=O) groups is 2. The standard InChI is InChI=1S/C24H24BrN3O3/c1-31-22-13-6-5-12-21(22)28(17-18-8-7-9-19(25)16-18)24(30)15-14-23(29)27-26-20-10-3-2-4-11-20/h2-13,16,26H,14-15,17H2,1H3,(H,27,29). The van der Waals surface area contributed by atoms with Gasteiger partial charge in [0.15, 0.2) is 0 Å². The number of benzene rings is 3. The fourth-order valence-corrected chi connectivity index (χ4v) is 3.51. The minimum Gasteiger partial charge on any atom is -0.495 e. The first kappa shape index (κ1) is 22.4. The minimum absolute atomic E-state index is 0.0583. The summed E-state index contributed by atoms with van der Waals surface area (Å²) in [7, 11) is 1.57. The Morgan fingerprint density at radius 1 is 0.935 bits per heavy atom. The Balaban J connectivity index is 1.69. The average molecular weight is 482 g/mol. The third kappa shape index (κ3) is 6.58. The molecule has 0 saturated carbocycles. The Labute approximate surface area is 190 Å². The quantitative estimate of drug-likeness (QED) is 0.425. The molecule has 0 heterocycles. The SMILES string of the molecule is COc1ccccc1N(Cc1cccc(Br)c1)C(=O)CCC(=O)NNc1ccccc1. The Morgan fingerprint density at radius 3 is 2.42 bits per heavy atom. The Kier molecular flexibility index (Phi) is 8.06. The molecule has 31 heavy (non-hydrogen) atoms. The average Bonchev–Trinajstić information content (AvgIpc) is 2.80. The molecule has 0 bridgehead atoms. The Bertz CT molecular complexity index is 1030. The van der Waals surface area contributed by atoms with Crippen LogP contribution in [-0.4, -0.2) is 18.9 Å². The van der Waals surface area contributed by atoms with Gasteiger partial charge in [0.2, 0.25) is 11.8 Å². The number of hydrogen-bond acceptors (Lipinski definition) is 4. The normalized spacial score (nSPS) is 10.3. The van der Waals surface area contributed by atoms with E-state index in [1.807, 2.05) is 78.9 Å². The van der Waals surface area contributed by atoms with Gasteiger partial charge < -0.3 is 9.64 Å². The molecular formula is C24H24BrN3O3. The molecule has 0 aliphatic carbocycles. The topological polar surface area (TPSA) is 70.7 Å². The van der Waals surface area contributed by atoms with Crippen molar-refractivity contribution < 1.29 is 14.3 Å². The second-order valence-electron chi connectivity index (χ2n) is 6.82. The van der Waals surface area contributed by atoms with Gasteiger partial charge in [-0.1, -0.05) is 58.4 Å². The van der Waals surface area contributed by atoms with Gasteiger partial charge in [0, 0.05) is 17.3 Å². The zero-order valence-electron chi connectivity index (χ0n) is 17.2. The minimum atomic E-state index is -0.264. The van der Waals surface area contributed by atoms with Gasteiger partial charge in [-0.2, -0.15) is 0 Å². The summed E-state index contributed by atoms with van der Waals surface area (Å²) in [6.45, 7) is 0.364. The van der Waals surface area contributed by atoms with E-state index in [1.165, 1.54) is 0 Å². The predicted octanol–water partition coefficient (Wildman–Crippen LogP) is 4.91. The Morgan fingerprint density at radius 2 is 1.68 bits per heavy atom. The number of ether oxygens (including phenoxy) is 1. The van der Waals surface area contributed by atoms with E-state index in [-0.39, 0.29) is 24.7 Å². The fourth-order valence-electron chi connectivity index (χ4n) is 3.06. The molecule has 3 aromatic carbocycles. The van der Waals surface area contributed by atoms with Gasteiger partial charge >= 0.3 is 0 Å². The lowest BCUT2D eigenvalue weighted by Crippen LogP contribution is -2.34. The highest BCUT2D eigenvalue weighted by Crippen LogP contribution is 2.30. The van der Waals surface area contributed by atoms with Gasteiger partial charge in [-0.25, -0.2) is 0 Å². The summed E-state index contributed by atoms with van der Waals surface area (Å²) in [5, 5.41) is 0. The fraction of sp³-hybridized carbons (Fsp3) is 0.167. The summed E-state index contributed by atoms with van der Waals surface area (Å²) in [6.07, 6.45) is 0.122. The van der Waals surface area contributed by atoms with Crippen LogP contribution < -0.4 is 20.5 Å². The van der Waals surface area contributed by atoms with Crippen LogP contribution in [-0.2, 0) is 16.1 Å². The van der Waals surface area contributed by atoms with Crippen LogP contribution in [0.25, 0.3) is 0 Å². The van der Waals surface area contributed by atoms with Gasteiger partial charge in [0.25, 0.3) is 0 Å². The number of methoxy groups -OCH3 is 1. The van der Waals surface area contributed by atoms with Crippen molar-refractivity contribution in [1.29, 1.82) is 0 Å². The molecule has 0 atom stereocenters. The summed E-state index contributed by atoms with van der Waals surface area (Å²) in [5.41, 5.74) is 7.86. The number of rotatable bonds is 9. The van der Waals surface area contributed by atoms with E-state index in [2.05, 4.69) is 26.8 Å². The maximum absolute atomic E-state index is 13.1. The maximum atomic E-state index is 13.1. The van der Waals surface area contributed by atoms with E-state index in [0.717, 1.165) is 15.7 Å². The van der Waals surface area contributed by atoms with Crippen molar-refractivity contribution in [2.75, 3.05) is 17.4 Å². The van der Waals surface area contributed by atoms with Crippen molar-refractivity contribution in [3.8, 4) is 5.75 Å². The zero-order valence-corrected chi connectivity index (χ0v) is 18.8. The molecule has 2 N–H and O–H groups in total. The molecule has 7 heteroatoms. The van der Waals surface area contributed by atoms with Crippen LogP contribution in [0.4, 0.5) is 11.4 Å². The van der Waals surface area contributed by atoms with Gasteiger partial charge in [-0.05, 0) is 42.0 Å². The smallest absolute Gasteiger partial charge is 0.238 e. The van der Waals surface area contributed by atoms with Crippen LogP contribution in [0.5, 0.6) is 5.75 Å². The summed E-state index contributed by atoms with van der Waals surface area (Å²) >= 11 is 3.47. The highest BCUT2D eigenvalue weighted by atomic mass is 79.9. The van der Waals surface area contributed by atoms with Crippen molar-refractivity contribution >= 4 is 39.1 Å². The number of nitrogens with zero attached hydrogens (tertiary/aromatic N) is 1. The Hall–Kier alpha value is -3.32. The number of hydrazine groups is 1. The monoisotopic (exact) mass is 481 g/mol. The first-order valence-electron chi connectivity index (χ1n) is 9.84. The predicted molar refractivity (Wildman–Crippen MR) is 126 cm³/mol. The molecule has 0 aliphatic rings. The van der Waals surface area contributed by atoms with Crippen LogP contribution in [0, 0.1) is 0 Å². The lowest BCUT2D eigenvalue weighted by Gasteiger charge is -2.25. The summed E-state index contributed by atoms with van der Waals surface area (Å²) in [6, 6.07) is 24.4. The molecule has 0 fully saturated rings. The first-order valence-corrected chi connectivity index (χ1v) is 10.6. The summed E-state index contributed by atoms with van der Waals surface area (Å²) < 4.78 is 6.39. The molecular weight excluding hydrogens is 458 g/mol. The summed E-state index contributed by atoms with van der Waals surface area (Å²) in [5.74, 6) is 0.167. The van der Waals surface area contributed by atoms with E-state index in [9.17, 15) is 9.59 Å². The zero-order chi connectivity index (χ0) is 22.1. The van der Waals surface area contributed by atoms with Crippen LogP contribution in [0.2, 0.25) is 0 Å². The van der Waals surface area contributed by atoms with E-state index in [4.69, 9.17) is 4.74 Å². The molecule has 0 radical (unpaired) electrons. The van der Waals surface area contributed by atoms with E-state index in [1.54, 1.807) is 12.0 Å². The largest absolute Gasteiger partial charge is 0.495 e. The van der Waals surface area contributed by atoms with Gasteiger partial charge in [-0.15, -0.1) is 0 Å². The number of hydrogen-bond donors (Lipinski definition) is 2. The third-order valence-electron chi connectivity index (χ3n) is 4.59. The van der Waals surface area contributed by atoms with E-state index >= 15 is 0 Å². The maximum Gasteiger partial charge on any atom is 0.238 e. The van der Waals surface area contributed by atoms with Crippen molar-refractivity contribution in [3.05, 3.63) is 88.9 Å². The number of para-hydroxylation sites is 3. The highest BCUT2D eigenvalue weighted by Gasteiger charge is 2.20. The number of nitrogens with one attached hydrogen (secondary N) is 2. The van der Waals surface area contributed by atoms with Crippen LogP contribution in [0.15, 0.2) is 83.3 Å². The summed E-state index contributed by atoms with van der Waals surface area (Å²) in [4.78, 5) is 27.0. The van der Waals surface area contributed by atoms with Gasteiger partial charge in [-0.3, -0.25) is 20.4 Å². The van der Waals surface area contributed by atoms with Crippen LogP contribution in [0.1, 0.15) is 18.4 Å². The van der Waals surface area contributed by atoms with Crippen molar-refractivity contribution in [3.63, 3.8) is 0 Å². The first-order chi connectivity index (χ1) is 15.1. The number of anilines is 2. The van der Waals surface area contributed by atoms with Crippen molar-refractivity contribution in [2.45, 2.75) is 19.4 Å². The third-order valence-corrected chi connectivity index (χ3v) is 5.09. The van der Waals surface area contributed by atoms with E-state index in [0.29, 0.717) is 18.0 Å². The molecule has 3 aromatic rings.